The van der Waals surface area contributed by atoms with E-state index in [4.69, 9.17) is 10.9 Å². The first kappa shape index (κ1) is 13.0. The van der Waals surface area contributed by atoms with Crippen molar-refractivity contribution in [1.82, 2.24) is 9.97 Å². The third-order valence-electron chi connectivity index (χ3n) is 1.81. The fourth-order valence-electron chi connectivity index (χ4n) is 1.18. The second-order valence-electron chi connectivity index (χ2n) is 3.19. The predicted octanol–water partition coefficient (Wildman–Crippen LogP) is 0.570. The van der Waals surface area contributed by atoms with E-state index in [-0.39, 0.29) is 11.5 Å². The van der Waals surface area contributed by atoms with Gasteiger partial charge in [-0.05, 0) is 0 Å². The molecule has 0 bridgehead atoms. The summed E-state index contributed by atoms with van der Waals surface area (Å²) in [7, 11) is 1.19. The molecule has 0 aliphatic carbocycles. The van der Waals surface area contributed by atoms with E-state index in [0.29, 0.717) is 0 Å². The van der Waals surface area contributed by atoms with Crippen molar-refractivity contribution in [3.05, 3.63) is 18.1 Å². The number of hydrogen-bond donors (Lipinski definition) is 2. The van der Waals surface area contributed by atoms with Crippen LogP contribution in [0.5, 0.6) is 0 Å². The molecular formula is C8H10F3N5O. The number of rotatable bonds is 3. The predicted molar refractivity (Wildman–Crippen MR) is 53.9 cm³/mol. The van der Waals surface area contributed by atoms with Crippen LogP contribution in [0.3, 0.4) is 0 Å². The van der Waals surface area contributed by atoms with Crippen molar-refractivity contribution in [1.29, 1.82) is 0 Å². The molecule has 1 rings (SSSR count). The summed E-state index contributed by atoms with van der Waals surface area (Å²) in [5.41, 5.74) is 5.18. The minimum atomic E-state index is -4.38. The number of aromatic nitrogens is 2. The maximum absolute atomic E-state index is 12.2. The molecule has 0 spiro atoms. The third-order valence-corrected chi connectivity index (χ3v) is 1.81. The zero-order valence-electron chi connectivity index (χ0n) is 8.81. The van der Waals surface area contributed by atoms with Gasteiger partial charge in [0.2, 0.25) is 0 Å². The first-order chi connectivity index (χ1) is 7.85. The molecule has 0 saturated heterocycles. The SMILES string of the molecule is CN(CC(F)(F)F)c1nccnc1/C(N)=N/O. The highest BCUT2D eigenvalue weighted by Gasteiger charge is 2.31. The maximum Gasteiger partial charge on any atom is 0.405 e. The van der Waals surface area contributed by atoms with Gasteiger partial charge in [-0.25, -0.2) is 9.97 Å². The van der Waals surface area contributed by atoms with Crippen LogP contribution >= 0.6 is 0 Å². The normalized spacial score (nSPS) is 12.6. The monoisotopic (exact) mass is 249 g/mol. The maximum atomic E-state index is 12.2. The summed E-state index contributed by atoms with van der Waals surface area (Å²) >= 11 is 0. The van der Waals surface area contributed by atoms with E-state index in [1.165, 1.54) is 19.4 Å². The van der Waals surface area contributed by atoms with E-state index in [9.17, 15) is 13.2 Å². The van der Waals surface area contributed by atoms with E-state index in [1.54, 1.807) is 0 Å². The van der Waals surface area contributed by atoms with Crippen LogP contribution < -0.4 is 10.6 Å². The van der Waals surface area contributed by atoms with Gasteiger partial charge in [0.05, 0.1) is 0 Å². The molecule has 0 atom stereocenters. The van der Waals surface area contributed by atoms with Crippen LogP contribution in [0.15, 0.2) is 17.5 Å². The number of halogens is 3. The second-order valence-corrected chi connectivity index (χ2v) is 3.19. The summed E-state index contributed by atoms with van der Waals surface area (Å²) < 4.78 is 36.6. The van der Waals surface area contributed by atoms with Gasteiger partial charge in [-0.3, -0.25) is 0 Å². The standard InChI is InChI=1S/C8H10F3N5O/c1-16(4-8(9,10)11)7-5(6(12)15-17)13-2-3-14-7/h2-3,17H,4H2,1H3,(H2,12,15). The summed E-state index contributed by atoms with van der Waals surface area (Å²) in [6, 6.07) is 0. The molecule has 0 fully saturated rings. The quantitative estimate of drug-likeness (QED) is 0.354. The molecule has 0 aromatic carbocycles. The molecule has 94 valence electrons. The van der Waals surface area contributed by atoms with Crippen molar-refractivity contribution in [2.75, 3.05) is 18.5 Å². The summed E-state index contributed by atoms with van der Waals surface area (Å²) in [6.07, 6.45) is -1.93. The number of amidine groups is 1. The second kappa shape index (κ2) is 4.85. The number of oxime groups is 1. The van der Waals surface area contributed by atoms with Crippen LogP contribution in [0.2, 0.25) is 0 Å². The van der Waals surface area contributed by atoms with Crippen LogP contribution in [0.25, 0.3) is 0 Å². The summed E-state index contributed by atoms with van der Waals surface area (Å²) in [4.78, 5) is 8.26. The van der Waals surface area contributed by atoms with Crippen LogP contribution in [0, 0.1) is 0 Å². The highest BCUT2D eigenvalue weighted by atomic mass is 19.4. The van der Waals surface area contributed by atoms with Gasteiger partial charge in [0.1, 0.15) is 6.54 Å². The van der Waals surface area contributed by atoms with E-state index < -0.39 is 18.6 Å². The van der Waals surface area contributed by atoms with Gasteiger partial charge in [-0.2, -0.15) is 13.2 Å². The lowest BCUT2D eigenvalue weighted by Gasteiger charge is -2.21. The Morgan fingerprint density at radius 2 is 2.06 bits per heavy atom. The van der Waals surface area contributed by atoms with E-state index in [0.717, 1.165) is 4.90 Å². The molecule has 1 aromatic heterocycles. The Morgan fingerprint density at radius 1 is 1.47 bits per heavy atom. The Balaban J connectivity index is 3.05. The minimum Gasteiger partial charge on any atom is -0.409 e. The molecule has 1 aromatic rings. The average molecular weight is 249 g/mol. The van der Waals surface area contributed by atoms with Gasteiger partial charge < -0.3 is 15.8 Å². The molecule has 9 heteroatoms. The lowest BCUT2D eigenvalue weighted by atomic mass is 10.3. The Morgan fingerprint density at radius 3 is 2.59 bits per heavy atom. The first-order valence-corrected chi connectivity index (χ1v) is 4.42. The van der Waals surface area contributed by atoms with Crippen LogP contribution in [0.1, 0.15) is 5.69 Å². The number of nitrogens with zero attached hydrogens (tertiary/aromatic N) is 4. The average Bonchev–Trinajstić information content (AvgIpc) is 2.25. The van der Waals surface area contributed by atoms with E-state index in [1.807, 2.05) is 0 Å². The smallest absolute Gasteiger partial charge is 0.405 e. The Bertz CT molecular complexity index is 420. The zero-order valence-corrected chi connectivity index (χ0v) is 8.81. The molecule has 0 saturated carbocycles. The van der Waals surface area contributed by atoms with Gasteiger partial charge in [-0.1, -0.05) is 5.16 Å². The van der Waals surface area contributed by atoms with Gasteiger partial charge in [-0.15, -0.1) is 0 Å². The molecule has 0 aliphatic rings. The molecular weight excluding hydrogens is 239 g/mol. The molecule has 0 radical (unpaired) electrons. The topological polar surface area (TPSA) is 87.6 Å². The van der Waals surface area contributed by atoms with Crippen molar-refractivity contribution >= 4 is 11.7 Å². The van der Waals surface area contributed by atoms with Gasteiger partial charge in [0, 0.05) is 19.4 Å². The van der Waals surface area contributed by atoms with Crippen molar-refractivity contribution in [2.24, 2.45) is 10.9 Å². The number of hydrogen-bond acceptors (Lipinski definition) is 5. The third kappa shape index (κ3) is 3.47. The fourth-order valence-corrected chi connectivity index (χ4v) is 1.18. The Labute approximate surface area is 94.6 Å². The molecule has 0 unspecified atom stereocenters. The van der Waals surface area contributed by atoms with Gasteiger partial charge in [0.25, 0.3) is 0 Å². The highest BCUT2D eigenvalue weighted by Crippen LogP contribution is 2.20. The molecule has 1 heterocycles. The fraction of sp³-hybridized carbons (Fsp3) is 0.375. The summed E-state index contributed by atoms with van der Waals surface area (Å²) in [5.74, 6) is -0.512. The van der Waals surface area contributed by atoms with Crippen molar-refractivity contribution in [3.63, 3.8) is 0 Å². The number of nitrogens with two attached hydrogens (primary N) is 1. The Kier molecular flexibility index (Phi) is 3.71. The molecule has 0 aliphatic heterocycles. The van der Waals surface area contributed by atoms with Crippen molar-refractivity contribution in [3.8, 4) is 0 Å². The zero-order chi connectivity index (χ0) is 13.1. The van der Waals surface area contributed by atoms with Crippen LogP contribution in [-0.2, 0) is 0 Å². The highest BCUT2D eigenvalue weighted by molar-refractivity contribution is 5.99. The van der Waals surface area contributed by atoms with E-state index in [2.05, 4.69) is 15.1 Å². The Hall–Kier alpha value is -2.06. The van der Waals surface area contributed by atoms with Gasteiger partial charge in [0.15, 0.2) is 17.3 Å². The van der Waals surface area contributed by atoms with Crippen LogP contribution in [-0.4, -0.2) is 40.8 Å². The molecule has 17 heavy (non-hydrogen) atoms. The minimum absolute atomic E-state index is 0.109. The lowest BCUT2D eigenvalue weighted by Crippen LogP contribution is -2.33. The van der Waals surface area contributed by atoms with Crippen molar-refractivity contribution < 1.29 is 18.4 Å². The number of alkyl halides is 3. The largest absolute Gasteiger partial charge is 0.409 e. The molecule has 3 N–H and O–H groups in total. The van der Waals surface area contributed by atoms with E-state index >= 15 is 0 Å². The van der Waals surface area contributed by atoms with Crippen molar-refractivity contribution in [2.45, 2.75) is 6.18 Å². The lowest BCUT2D eigenvalue weighted by molar-refractivity contribution is -0.119. The number of anilines is 1. The first-order valence-electron chi connectivity index (χ1n) is 4.42. The van der Waals surface area contributed by atoms with Gasteiger partial charge >= 0.3 is 6.18 Å². The summed E-state index contributed by atoms with van der Waals surface area (Å²) in [6.45, 7) is -1.21. The molecule has 6 nitrogen and oxygen atoms in total. The molecule has 0 amide bonds. The summed E-state index contributed by atoms with van der Waals surface area (Å²) in [5, 5.41) is 11.2. The van der Waals surface area contributed by atoms with Crippen LogP contribution in [0.4, 0.5) is 19.0 Å².